The lowest BCUT2D eigenvalue weighted by Gasteiger charge is -2.37. The molecular weight excluding hydrogens is 404 g/mol. The first kappa shape index (κ1) is 22.6. The molecule has 0 bridgehead atoms. The monoisotopic (exact) mass is 438 g/mol. The number of anilines is 2. The van der Waals surface area contributed by atoms with E-state index in [2.05, 4.69) is 58.5 Å². The molecule has 2 aliphatic rings. The van der Waals surface area contributed by atoms with Gasteiger partial charge in [0.25, 0.3) is 0 Å². The van der Waals surface area contributed by atoms with Crippen LogP contribution in [0.3, 0.4) is 0 Å². The summed E-state index contributed by atoms with van der Waals surface area (Å²) < 4.78 is 11.7. The van der Waals surface area contributed by atoms with Gasteiger partial charge in [-0.15, -0.1) is 0 Å². The molecule has 0 radical (unpaired) electrons. The summed E-state index contributed by atoms with van der Waals surface area (Å²) in [7, 11) is 0. The minimum Gasteiger partial charge on any atom is -0.374 e. The quantitative estimate of drug-likeness (QED) is 0.724. The molecule has 3 unspecified atom stereocenters. The third-order valence-electron chi connectivity index (χ3n) is 5.87. The molecule has 2 N–H and O–H groups in total. The molecule has 7 nitrogen and oxygen atoms in total. The number of ether oxygens (including phenoxy) is 2. The van der Waals surface area contributed by atoms with Crippen LogP contribution in [0, 0.1) is 0 Å². The van der Waals surface area contributed by atoms with Crippen molar-refractivity contribution in [2.75, 3.05) is 49.5 Å². The fraction of sp³-hybridized carbons (Fsp3) is 0.480. The number of nitrogens with one attached hydrogen (secondary N) is 2. The molecule has 7 heteroatoms. The first-order valence-electron chi connectivity index (χ1n) is 11.5. The Bertz CT molecular complexity index is 869. The Labute approximate surface area is 190 Å². The zero-order valence-corrected chi connectivity index (χ0v) is 19.0. The Kier molecular flexibility index (Phi) is 7.63. The number of carbonyl (C=O) groups excluding carboxylic acids is 1. The number of carbonyl (C=O) groups is 1. The van der Waals surface area contributed by atoms with Gasteiger partial charge in [0.2, 0.25) is 0 Å². The van der Waals surface area contributed by atoms with E-state index in [-0.39, 0.29) is 24.3 Å². The highest BCUT2D eigenvalue weighted by atomic mass is 16.5. The Morgan fingerprint density at radius 1 is 1.00 bits per heavy atom. The molecule has 172 valence electrons. The highest BCUT2D eigenvalue weighted by Crippen LogP contribution is 2.28. The fourth-order valence-electron chi connectivity index (χ4n) is 4.49. The van der Waals surface area contributed by atoms with Crippen LogP contribution < -0.4 is 15.5 Å². The van der Waals surface area contributed by atoms with Crippen LogP contribution in [0.25, 0.3) is 0 Å². The average molecular weight is 439 g/mol. The maximum Gasteiger partial charge on any atom is 0.319 e. The fourth-order valence-corrected chi connectivity index (χ4v) is 4.49. The SMILES string of the molecule is CC1CN(c2ccccc2NC(=O)NCC2CN(Cc3ccccc3)CCO2)CC(C)O1. The number of hydrogen-bond acceptors (Lipinski definition) is 5. The topological polar surface area (TPSA) is 66.1 Å². The summed E-state index contributed by atoms with van der Waals surface area (Å²) in [4.78, 5) is 17.3. The summed E-state index contributed by atoms with van der Waals surface area (Å²) in [5.41, 5.74) is 3.12. The van der Waals surface area contributed by atoms with Gasteiger partial charge >= 0.3 is 6.03 Å². The van der Waals surface area contributed by atoms with Gasteiger partial charge in [-0.3, -0.25) is 4.90 Å². The second-order valence-electron chi connectivity index (χ2n) is 8.73. The van der Waals surface area contributed by atoms with Crippen LogP contribution in [-0.4, -0.2) is 68.6 Å². The van der Waals surface area contributed by atoms with Gasteiger partial charge in [0, 0.05) is 39.3 Å². The van der Waals surface area contributed by atoms with Gasteiger partial charge in [-0.2, -0.15) is 0 Å². The first-order valence-corrected chi connectivity index (χ1v) is 11.5. The first-order chi connectivity index (χ1) is 15.6. The number of amides is 2. The molecular formula is C25H34N4O3. The van der Waals surface area contributed by atoms with E-state index < -0.39 is 0 Å². The number of benzene rings is 2. The van der Waals surface area contributed by atoms with Crippen molar-refractivity contribution in [3.8, 4) is 0 Å². The van der Waals surface area contributed by atoms with Crippen molar-refractivity contribution < 1.29 is 14.3 Å². The predicted octanol–water partition coefficient (Wildman–Crippen LogP) is 3.32. The van der Waals surface area contributed by atoms with Crippen molar-refractivity contribution in [1.29, 1.82) is 0 Å². The number of nitrogens with zero attached hydrogens (tertiary/aromatic N) is 2. The predicted molar refractivity (Wildman–Crippen MR) is 127 cm³/mol. The highest BCUT2D eigenvalue weighted by molar-refractivity contribution is 5.93. The zero-order valence-electron chi connectivity index (χ0n) is 19.0. The van der Waals surface area contributed by atoms with E-state index in [1.54, 1.807) is 0 Å². The van der Waals surface area contributed by atoms with Crippen molar-refractivity contribution in [2.45, 2.75) is 38.7 Å². The van der Waals surface area contributed by atoms with E-state index in [0.717, 1.165) is 44.1 Å². The van der Waals surface area contributed by atoms with E-state index in [1.165, 1.54) is 5.56 Å². The Morgan fingerprint density at radius 3 is 2.50 bits per heavy atom. The summed E-state index contributed by atoms with van der Waals surface area (Å²) >= 11 is 0. The molecule has 2 aromatic rings. The van der Waals surface area contributed by atoms with E-state index in [1.807, 2.05) is 30.3 Å². The van der Waals surface area contributed by atoms with Crippen LogP contribution >= 0.6 is 0 Å². The zero-order chi connectivity index (χ0) is 22.3. The summed E-state index contributed by atoms with van der Waals surface area (Å²) in [6.45, 7) is 9.53. The van der Waals surface area contributed by atoms with E-state index in [4.69, 9.17) is 9.47 Å². The van der Waals surface area contributed by atoms with Crippen LogP contribution in [0.5, 0.6) is 0 Å². The molecule has 0 saturated carbocycles. The van der Waals surface area contributed by atoms with Crippen molar-refractivity contribution >= 4 is 17.4 Å². The molecule has 3 atom stereocenters. The molecule has 0 aromatic heterocycles. The van der Waals surface area contributed by atoms with E-state index in [0.29, 0.717) is 13.2 Å². The van der Waals surface area contributed by atoms with Crippen molar-refractivity contribution in [2.24, 2.45) is 0 Å². The van der Waals surface area contributed by atoms with Crippen LogP contribution in [0.15, 0.2) is 54.6 Å². The number of urea groups is 1. The standard InChI is InChI=1S/C25H34N4O3/c1-19-15-29(16-20(2)32-19)24-11-7-6-10-23(24)27-25(30)26-14-22-18-28(12-13-31-22)17-21-8-4-3-5-9-21/h3-11,19-20,22H,12-18H2,1-2H3,(H2,26,27,30). The smallest absolute Gasteiger partial charge is 0.319 e. The summed E-state index contributed by atoms with van der Waals surface area (Å²) in [5, 5.41) is 6.01. The number of rotatable bonds is 6. The van der Waals surface area contributed by atoms with Gasteiger partial charge in [-0.25, -0.2) is 4.79 Å². The number of hydrogen-bond donors (Lipinski definition) is 2. The molecule has 2 heterocycles. The largest absolute Gasteiger partial charge is 0.374 e. The van der Waals surface area contributed by atoms with Gasteiger partial charge in [0.05, 0.1) is 36.3 Å². The van der Waals surface area contributed by atoms with Crippen LogP contribution in [0.4, 0.5) is 16.2 Å². The Balaban J connectivity index is 1.29. The van der Waals surface area contributed by atoms with E-state index >= 15 is 0 Å². The third-order valence-corrected chi connectivity index (χ3v) is 5.87. The van der Waals surface area contributed by atoms with Gasteiger partial charge in [0.15, 0.2) is 0 Å². The molecule has 4 rings (SSSR count). The summed E-state index contributed by atoms with van der Waals surface area (Å²) in [6, 6.07) is 18.2. The maximum absolute atomic E-state index is 12.7. The van der Waals surface area contributed by atoms with Gasteiger partial charge in [0.1, 0.15) is 0 Å². The lowest BCUT2D eigenvalue weighted by atomic mass is 10.1. The highest BCUT2D eigenvalue weighted by Gasteiger charge is 2.25. The number of para-hydroxylation sites is 2. The molecule has 0 aliphatic carbocycles. The molecule has 32 heavy (non-hydrogen) atoms. The normalized spacial score (nSPS) is 24.2. The lowest BCUT2D eigenvalue weighted by molar-refractivity contribution is -0.0285. The summed E-state index contributed by atoms with van der Waals surface area (Å²) in [5.74, 6) is 0. The molecule has 2 saturated heterocycles. The lowest BCUT2D eigenvalue weighted by Crippen LogP contribution is -2.48. The minimum atomic E-state index is -0.212. The van der Waals surface area contributed by atoms with Crippen LogP contribution in [0.1, 0.15) is 19.4 Å². The molecule has 2 aliphatic heterocycles. The van der Waals surface area contributed by atoms with Crippen LogP contribution in [0.2, 0.25) is 0 Å². The second kappa shape index (κ2) is 10.8. The maximum atomic E-state index is 12.7. The van der Waals surface area contributed by atoms with Gasteiger partial charge in [-0.05, 0) is 31.5 Å². The second-order valence-corrected chi connectivity index (χ2v) is 8.73. The van der Waals surface area contributed by atoms with E-state index in [9.17, 15) is 4.79 Å². The van der Waals surface area contributed by atoms with Crippen molar-refractivity contribution in [1.82, 2.24) is 10.2 Å². The Morgan fingerprint density at radius 2 is 1.72 bits per heavy atom. The van der Waals surface area contributed by atoms with Crippen molar-refractivity contribution in [3.05, 3.63) is 60.2 Å². The number of morpholine rings is 2. The van der Waals surface area contributed by atoms with Crippen molar-refractivity contribution in [3.63, 3.8) is 0 Å². The summed E-state index contributed by atoms with van der Waals surface area (Å²) in [6.07, 6.45) is 0.292. The molecule has 2 fully saturated rings. The molecule has 0 spiro atoms. The van der Waals surface area contributed by atoms with Gasteiger partial charge < -0.3 is 25.0 Å². The van der Waals surface area contributed by atoms with Crippen LogP contribution in [-0.2, 0) is 16.0 Å². The third kappa shape index (κ3) is 6.22. The molecule has 2 aromatic carbocycles. The molecule has 2 amide bonds. The Hall–Kier alpha value is -2.61. The minimum absolute atomic E-state index is 0.0191. The average Bonchev–Trinajstić information content (AvgIpc) is 2.78. The van der Waals surface area contributed by atoms with Gasteiger partial charge in [-0.1, -0.05) is 42.5 Å².